The summed E-state index contributed by atoms with van der Waals surface area (Å²) in [7, 11) is -0.949. The average molecular weight is 194 g/mol. The predicted molar refractivity (Wildman–Crippen MR) is 52.2 cm³/mol. The maximum absolute atomic E-state index is 5.94. The number of halogens is 1. The summed E-state index contributed by atoms with van der Waals surface area (Å²) in [6.07, 6.45) is 5.17. The molecule has 0 aromatic rings. The highest BCUT2D eigenvalue weighted by Crippen LogP contribution is 2.08. The van der Waals surface area contributed by atoms with E-state index >= 15 is 0 Å². The van der Waals surface area contributed by atoms with Crippen LogP contribution in [0, 0.1) is 0 Å². The predicted octanol–water partition coefficient (Wildman–Crippen LogP) is 3.33. The molecule has 3 heteroatoms. The molecule has 0 N–H and O–H groups in total. The van der Waals surface area contributed by atoms with Gasteiger partial charge >= 0.3 is 8.35 Å². The molecule has 0 aromatic carbocycles. The molecule has 0 aliphatic rings. The summed E-state index contributed by atoms with van der Waals surface area (Å²) >= 11 is 5.94. The van der Waals surface area contributed by atoms with E-state index in [9.17, 15) is 0 Å². The molecule has 0 rings (SSSR count). The Kier molecular flexibility index (Phi) is 8.93. The number of rotatable bonds is 7. The Morgan fingerprint density at radius 2 is 1.91 bits per heavy atom. The Hall–Kier alpha value is 0.467. The summed E-state index contributed by atoms with van der Waals surface area (Å²) in [6.45, 7) is 4.99. The Labute approximate surface area is 76.5 Å². The van der Waals surface area contributed by atoms with Crippen molar-refractivity contribution in [1.29, 1.82) is 0 Å². The smallest absolute Gasteiger partial charge is 0.323 e. The minimum Gasteiger partial charge on any atom is -0.403 e. The van der Waals surface area contributed by atoms with E-state index in [-0.39, 0.29) is 0 Å². The van der Waals surface area contributed by atoms with Gasteiger partial charge in [-0.05, 0) is 13.0 Å². The maximum Gasteiger partial charge on any atom is 0.323 e. The summed E-state index contributed by atoms with van der Waals surface area (Å²) < 4.78 is 5.29. The monoisotopic (exact) mass is 193 g/mol. The molecule has 0 amide bonds. The van der Waals surface area contributed by atoms with Crippen LogP contribution in [0.25, 0.3) is 0 Å². The van der Waals surface area contributed by atoms with E-state index in [0.717, 1.165) is 12.7 Å². The lowest BCUT2D eigenvalue weighted by Gasteiger charge is -2.04. The molecular weight excluding hydrogens is 176 g/mol. The molecule has 11 heavy (non-hydrogen) atoms. The molecular formula is C8H18ClOSi. The van der Waals surface area contributed by atoms with E-state index in [1.54, 1.807) is 0 Å². The molecule has 1 radical (unpaired) electrons. The van der Waals surface area contributed by atoms with Crippen molar-refractivity contribution in [2.45, 2.75) is 45.6 Å². The molecule has 1 nitrogen and oxygen atoms in total. The molecule has 0 aliphatic heterocycles. The highest BCUT2D eigenvalue weighted by atomic mass is 35.6. The van der Waals surface area contributed by atoms with Crippen LogP contribution in [0.15, 0.2) is 0 Å². The molecule has 0 spiro atoms. The Bertz CT molecular complexity index is 80.5. The second kappa shape index (κ2) is 8.56. The van der Waals surface area contributed by atoms with Gasteiger partial charge in [-0.2, -0.15) is 0 Å². The van der Waals surface area contributed by atoms with Gasteiger partial charge in [0, 0.05) is 6.61 Å². The fraction of sp³-hybridized carbons (Fsp3) is 1.00. The Morgan fingerprint density at radius 3 is 2.45 bits per heavy atom. The lowest BCUT2D eigenvalue weighted by Crippen LogP contribution is -2.09. The molecule has 0 atom stereocenters. The summed E-state index contributed by atoms with van der Waals surface area (Å²) in [6, 6.07) is 1.10. The van der Waals surface area contributed by atoms with Crippen molar-refractivity contribution in [2.24, 2.45) is 0 Å². The summed E-state index contributed by atoms with van der Waals surface area (Å²) in [4.78, 5) is 0. The molecule has 0 saturated carbocycles. The molecule has 0 fully saturated rings. The lowest BCUT2D eigenvalue weighted by atomic mass is 10.2. The van der Waals surface area contributed by atoms with Gasteiger partial charge in [-0.15, -0.1) is 11.1 Å². The van der Waals surface area contributed by atoms with Gasteiger partial charge in [0.15, 0.2) is 0 Å². The zero-order valence-electron chi connectivity index (χ0n) is 7.53. The van der Waals surface area contributed by atoms with Crippen molar-refractivity contribution >= 4 is 19.4 Å². The lowest BCUT2D eigenvalue weighted by molar-refractivity contribution is 0.353. The van der Waals surface area contributed by atoms with E-state index in [2.05, 4.69) is 6.92 Å². The van der Waals surface area contributed by atoms with E-state index < -0.39 is 8.35 Å². The quantitative estimate of drug-likeness (QED) is 0.343. The standard InChI is InChI=1S/C8H18ClOSi/c1-3-5-6-7-8-11(9)10-4-2/h3-8H2,1-2H3. The first-order chi connectivity index (χ1) is 5.31. The van der Waals surface area contributed by atoms with Crippen molar-refractivity contribution in [1.82, 2.24) is 0 Å². The second-order valence-corrected chi connectivity index (χ2v) is 5.36. The first-order valence-corrected chi connectivity index (χ1v) is 7.08. The molecule has 0 aromatic heterocycles. The molecule has 0 aliphatic carbocycles. The van der Waals surface area contributed by atoms with Gasteiger partial charge in [-0.1, -0.05) is 32.6 Å². The van der Waals surface area contributed by atoms with Crippen LogP contribution in [-0.4, -0.2) is 15.0 Å². The third-order valence-electron chi connectivity index (χ3n) is 1.53. The van der Waals surface area contributed by atoms with Gasteiger partial charge in [-0.25, -0.2) is 0 Å². The zero-order valence-corrected chi connectivity index (χ0v) is 9.28. The maximum atomic E-state index is 5.94. The van der Waals surface area contributed by atoms with Crippen LogP contribution in [-0.2, 0) is 4.43 Å². The van der Waals surface area contributed by atoms with Crippen LogP contribution >= 0.6 is 11.1 Å². The molecule has 0 unspecified atom stereocenters. The van der Waals surface area contributed by atoms with E-state index in [1.165, 1.54) is 25.7 Å². The van der Waals surface area contributed by atoms with Crippen molar-refractivity contribution in [3.05, 3.63) is 0 Å². The van der Waals surface area contributed by atoms with Crippen molar-refractivity contribution in [3.63, 3.8) is 0 Å². The van der Waals surface area contributed by atoms with E-state index in [0.29, 0.717) is 0 Å². The normalized spacial score (nSPS) is 10.9. The second-order valence-electron chi connectivity index (χ2n) is 2.60. The van der Waals surface area contributed by atoms with Gasteiger partial charge in [0.2, 0.25) is 0 Å². The van der Waals surface area contributed by atoms with Crippen LogP contribution < -0.4 is 0 Å². The van der Waals surface area contributed by atoms with Crippen molar-refractivity contribution < 1.29 is 4.43 Å². The topological polar surface area (TPSA) is 9.23 Å². The largest absolute Gasteiger partial charge is 0.403 e. The van der Waals surface area contributed by atoms with Crippen LogP contribution in [0.3, 0.4) is 0 Å². The van der Waals surface area contributed by atoms with Crippen molar-refractivity contribution in [3.8, 4) is 0 Å². The summed E-state index contributed by atoms with van der Waals surface area (Å²) in [5, 5.41) is 0. The molecule has 0 bridgehead atoms. The fourth-order valence-electron chi connectivity index (χ4n) is 0.920. The van der Waals surface area contributed by atoms with E-state index in [4.69, 9.17) is 15.5 Å². The zero-order chi connectivity index (χ0) is 8.53. The Balaban J connectivity index is 2.97. The van der Waals surface area contributed by atoms with Gasteiger partial charge in [0.1, 0.15) is 0 Å². The van der Waals surface area contributed by atoms with Crippen LogP contribution in [0.1, 0.15) is 39.5 Å². The molecule has 0 saturated heterocycles. The minimum absolute atomic E-state index is 0.769. The number of unbranched alkanes of at least 4 members (excludes halogenated alkanes) is 3. The van der Waals surface area contributed by atoms with Gasteiger partial charge in [0.05, 0.1) is 0 Å². The minimum atomic E-state index is -0.949. The van der Waals surface area contributed by atoms with Crippen LogP contribution in [0.5, 0.6) is 0 Å². The number of hydrogen-bond acceptors (Lipinski definition) is 1. The third kappa shape index (κ3) is 8.37. The van der Waals surface area contributed by atoms with E-state index in [1.807, 2.05) is 6.92 Å². The fourth-order valence-corrected chi connectivity index (χ4v) is 2.63. The van der Waals surface area contributed by atoms with Gasteiger partial charge in [-0.3, -0.25) is 0 Å². The molecule has 0 heterocycles. The van der Waals surface area contributed by atoms with Crippen LogP contribution in [0.4, 0.5) is 0 Å². The van der Waals surface area contributed by atoms with Crippen molar-refractivity contribution in [2.75, 3.05) is 6.61 Å². The third-order valence-corrected chi connectivity index (χ3v) is 3.77. The first-order valence-electron chi connectivity index (χ1n) is 4.45. The average Bonchev–Trinajstić information content (AvgIpc) is 1.99. The summed E-state index contributed by atoms with van der Waals surface area (Å²) in [5.41, 5.74) is 0. The summed E-state index contributed by atoms with van der Waals surface area (Å²) in [5.74, 6) is 0. The van der Waals surface area contributed by atoms with Gasteiger partial charge < -0.3 is 4.43 Å². The highest BCUT2D eigenvalue weighted by Gasteiger charge is 2.06. The Morgan fingerprint density at radius 1 is 1.18 bits per heavy atom. The van der Waals surface area contributed by atoms with Crippen LogP contribution in [0.2, 0.25) is 6.04 Å². The first kappa shape index (κ1) is 11.5. The SMILES string of the molecule is CCCCCC[Si](Cl)OCC. The van der Waals surface area contributed by atoms with Gasteiger partial charge in [0.25, 0.3) is 0 Å². The number of hydrogen-bond donors (Lipinski definition) is 0. The highest BCUT2D eigenvalue weighted by molar-refractivity contribution is 7.03. The molecule has 67 valence electrons.